The molecule has 3 N–H and O–H groups in total. The van der Waals surface area contributed by atoms with E-state index in [-0.39, 0.29) is 29.3 Å². The van der Waals surface area contributed by atoms with Crippen molar-refractivity contribution in [2.24, 2.45) is 11.8 Å². The van der Waals surface area contributed by atoms with Crippen LogP contribution in [0.5, 0.6) is 0 Å². The summed E-state index contributed by atoms with van der Waals surface area (Å²) in [6, 6.07) is 4.77. The van der Waals surface area contributed by atoms with Gasteiger partial charge in [0.15, 0.2) is 5.82 Å². The number of halogens is 1. The van der Waals surface area contributed by atoms with Crippen LogP contribution in [0.15, 0.2) is 24.4 Å². The molecule has 1 aliphatic carbocycles. The van der Waals surface area contributed by atoms with Crippen LogP contribution in [0, 0.1) is 17.7 Å². The Hall–Kier alpha value is -3.23. The molecular formula is C26H35FN6O2. The largest absolute Gasteiger partial charge is 0.347 e. The van der Waals surface area contributed by atoms with Crippen molar-refractivity contribution >= 4 is 22.8 Å². The quantitative estimate of drug-likeness (QED) is 0.458. The minimum Gasteiger partial charge on any atom is -0.347 e. The second-order valence-electron chi connectivity index (χ2n) is 10.3. The van der Waals surface area contributed by atoms with Gasteiger partial charge in [-0.15, -0.1) is 0 Å². The summed E-state index contributed by atoms with van der Waals surface area (Å²) in [7, 11) is 0. The van der Waals surface area contributed by atoms with Gasteiger partial charge in [-0.3, -0.25) is 14.3 Å². The van der Waals surface area contributed by atoms with E-state index in [0.29, 0.717) is 35.1 Å². The maximum atomic E-state index is 15.6. The first-order valence-corrected chi connectivity index (χ1v) is 12.4. The molecule has 2 heterocycles. The van der Waals surface area contributed by atoms with E-state index in [1.165, 1.54) is 6.92 Å². The monoisotopic (exact) mass is 482 g/mol. The summed E-state index contributed by atoms with van der Waals surface area (Å²) in [4.78, 5) is 32.8. The molecule has 0 bridgehead atoms. The third-order valence-electron chi connectivity index (χ3n) is 7.13. The van der Waals surface area contributed by atoms with Crippen molar-refractivity contribution in [1.82, 2.24) is 30.4 Å². The van der Waals surface area contributed by atoms with Crippen molar-refractivity contribution in [1.29, 1.82) is 0 Å². The van der Waals surface area contributed by atoms with Gasteiger partial charge in [-0.05, 0) is 57.6 Å². The van der Waals surface area contributed by atoms with Crippen molar-refractivity contribution in [2.45, 2.75) is 78.4 Å². The van der Waals surface area contributed by atoms with Crippen LogP contribution in [-0.2, 0) is 16.9 Å². The first-order chi connectivity index (χ1) is 16.6. The zero-order chi connectivity index (χ0) is 25.3. The summed E-state index contributed by atoms with van der Waals surface area (Å²) in [6.45, 7) is 9.70. The highest BCUT2D eigenvalue weighted by Crippen LogP contribution is 2.37. The van der Waals surface area contributed by atoms with Crippen molar-refractivity contribution in [3.8, 4) is 0 Å². The van der Waals surface area contributed by atoms with E-state index in [1.807, 2.05) is 6.92 Å². The number of aryl methyl sites for hydroxylation is 1. The van der Waals surface area contributed by atoms with Gasteiger partial charge in [0.1, 0.15) is 17.0 Å². The van der Waals surface area contributed by atoms with Gasteiger partial charge in [0.25, 0.3) is 5.91 Å². The smallest absolute Gasteiger partial charge is 0.270 e. The SMILES string of the molecule is CCn1nccc1C(=O)NC(c1nc2c(F)c(C(C)(C)NC(C)=O)ccc2[nH]1)C1CCC(C)CC1. The van der Waals surface area contributed by atoms with Gasteiger partial charge in [0.05, 0.1) is 17.1 Å². The summed E-state index contributed by atoms with van der Waals surface area (Å²) < 4.78 is 17.3. The van der Waals surface area contributed by atoms with Gasteiger partial charge in [-0.25, -0.2) is 9.37 Å². The molecule has 0 aliphatic heterocycles. The van der Waals surface area contributed by atoms with Gasteiger partial charge in [0.2, 0.25) is 5.91 Å². The van der Waals surface area contributed by atoms with E-state index in [9.17, 15) is 9.59 Å². The predicted octanol–water partition coefficient (Wildman–Crippen LogP) is 4.59. The lowest BCUT2D eigenvalue weighted by Gasteiger charge is -2.32. The number of nitrogens with one attached hydrogen (secondary N) is 3. The average molecular weight is 483 g/mol. The normalized spacial score (nSPS) is 19.5. The number of H-pyrrole nitrogens is 1. The summed E-state index contributed by atoms with van der Waals surface area (Å²) in [6.07, 6.45) is 5.69. The van der Waals surface area contributed by atoms with E-state index < -0.39 is 11.4 Å². The number of fused-ring (bicyclic) bond motifs is 1. The van der Waals surface area contributed by atoms with Crippen LogP contribution in [0.25, 0.3) is 11.0 Å². The highest BCUT2D eigenvalue weighted by atomic mass is 19.1. The van der Waals surface area contributed by atoms with Crippen LogP contribution in [0.3, 0.4) is 0 Å². The fourth-order valence-corrected chi connectivity index (χ4v) is 5.22. The van der Waals surface area contributed by atoms with Gasteiger partial charge in [-0.2, -0.15) is 5.10 Å². The lowest BCUT2D eigenvalue weighted by atomic mass is 9.79. The van der Waals surface area contributed by atoms with Crippen LogP contribution in [-0.4, -0.2) is 31.6 Å². The lowest BCUT2D eigenvalue weighted by molar-refractivity contribution is -0.120. The van der Waals surface area contributed by atoms with E-state index in [1.54, 1.807) is 42.9 Å². The predicted molar refractivity (Wildman–Crippen MR) is 132 cm³/mol. The zero-order valence-electron chi connectivity index (χ0n) is 21.1. The van der Waals surface area contributed by atoms with Crippen LogP contribution in [0.1, 0.15) is 88.2 Å². The number of amides is 2. The molecule has 2 amide bonds. The molecule has 3 aromatic rings. The minimum absolute atomic E-state index is 0.187. The molecular weight excluding hydrogens is 447 g/mol. The summed E-state index contributed by atoms with van der Waals surface area (Å²) in [5.41, 5.74) is 0.717. The Kier molecular flexibility index (Phi) is 6.96. The second kappa shape index (κ2) is 9.79. The van der Waals surface area contributed by atoms with Crippen molar-refractivity contribution in [3.63, 3.8) is 0 Å². The first-order valence-electron chi connectivity index (χ1n) is 12.4. The third-order valence-corrected chi connectivity index (χ3v) is 7.13. The van der Waals surface area contributed by atoms with E-state index in [2.05, 4.69) is 32.6 Å². The number of benzene rings is 1. The molecule has 1 aromatic carbocycles. The number of imidazole rings is 1. The highest BCUT2D eigenvalue weighted by molar-refractivity contribution is 5.92. The third kappa shape index (κ3) is 5.09. The number of rotatable bonds is 7. The number of aromatic amines is 1. The molecule has 188 valence electrons. The van der Waals surface area contributed by atoms with Crippen molar-refractivity contribution < 1.29 is 14.0 Å². The molecule has 4 rings (SSSR count). The van der Waals surface area contributed by atoms with E-state index in [0.717, 1.165) is 25.7 Å². The van der Waals surface area contributed by atoms with Gasteiger partial charge in [0, 0.05) is 25.2 Å². The highest BCUT2D eigenvalue weighted by Gasteiger charge is 2.33. The average Bonchev–Trinajstić information content (AvgIpc) is 3.44. The zero-order valence-corrected chi connectivity index (χ0v) is 21.1. The summed E-state index contributed by atoms with van der Waals surface area (Å²) >= 11 is 0. The number of aromatic nitrogens is 4. The standard InChI is InChI=1S/C26H35FN6O2/c1-6-33-20(13-14-28-33)25(35)31-22(17-9-7-15(2)8-10-17)24-29-19-12-11-18(21(27)23(19)30-24)26(4,5)32-16(3)34/h11-15,17,22H,6-10H2,1-5H3,(H,29,30)(H,31,35)(H,32,34). The first kappa shape index (κ1) is 24.9. The van der Waals surface area contributed by atoms with Crippen LogP contribution >= 0.6 is 0 Å². The van der Waals surface area contributed by atoms with Gasteiger partial charge >= 0.3 is 0 Å². The molecule has 1 aliphatic rings. The van der Waals surface area contributed by atoms with Gasteiger partial charge < -0.3 is 15.6 Å². The molecule has 0 radical (unpaired) electrons. The number of hydrogen-bond donors (Lipinski definition) is 3. The molecule has 1 unspecified atom stereocenters. The van der Waals surface area contributed by atoms with Crippen LogP contribution in [0.2, 0.25) is 0 Å². The minimum atomic E-state index is -0.894. The Morgan fingerprint density at radius 1 is 1.23 bits per heavy atom. The molecule has 1 saturated carbocycles. The molecule has 8 nitrogen and oxygen atoms in total. The lowest BCUT2D eigenvalue weighted by Crippen LogP contribution is -2.40. The molecule has 1 atom stereocenters. The maximum absolute atomic E-state index is 15.6. The Balaban J connectivity index is 1.71. The summed E-state index contributed by atoms with van der Waals surface area (Å²) in [5.74, 6) is 0.445. The number of hydrogen-bond acceptors (Lipinski definition) is 4. The van der Waals surface area contributed by atoms with Crippen LogP contribution < -0.4 is 10.6 Å². The van der Waals surface area contributed by atoms with Gasteiger partial charge in [-0.1, -0.05) is 25.8 Å². The van der Waals surface area contributed by atoms with Crippen LogP contribution in [0.4, 0.5) is 4.39 Å². The maximum Gasteiger partial charge on any atom is 0.270 e. The van der Waals surface area contributed by atoms with E-state index >= 15 is 4.39 Å². The molecule has 0 spiro atoms. The number of carbonyl (C=O) groups is 2. The molecule has 2 aromatic heterocycles. The fraction of sp³-hybridized carbons (Fsp3) is 0.538. The molecule has 9 heteroatoms. The number of nitrogens with zero attached hydrogens (tertiary/aromatic N) is 3. The Bertz CT molecular complexity index is 1220. The molecule has 1 fully saturated rings. The Morgan fingerprint density at radius 2 is 1.94 bits per heavy atom. The summed E-state index contributed by atoms with van der Waals surface area (Å²) in [5, 5.41) is 10.2. The second-order valence-corrected chi connectivity index (χ2v) is 10.3. The molecule has 0 saturated heterocycles. The van der Waals surface area contributed by atoms with E-state index in [4.69, 9.17) is 0 Å². The van der Waals surface area contributed by atoms with Crippen molar-refractivity contribution in [2.75, 3.05) is 0 Å². The Labute approximate surface area is 205 Å². The molecule has 35 heavy (non-hydrogen) atoms. The Morgan fingerprint density at radius 3 is 2.60 bits per heavy atom. The fourth-order valence-electron chi connectivity index (χ4n) is 5.22. The number of carbonyl (C=O) groups excluding carboxylic acids is 2. The van der Waals surface area contributed by atoms with Crippen molar-refractivity contribution in [3.05, 3.63) is 47.3 Å². The topological polar surface area (TPSA) is 105 Å².